The van der Waals surface area contributed by atoms with Crippen molar-refractivity contribution in [3.05, 3.63) is 94.3 Å². The van der Waals surface area contributed by atoms with Crippen LogP contribution in [0.3, 0.4) is 0 Å². The van der Waals surface area contributed by atoms with E-state index in [-0.39, 0.29) is 0 Å². The lowest BCUT2D eigenvalue weighted by Gasteiger charge is -2.23. The van der Waals surface area contributed by atoms with Gasteiger partial charge in [-0.05, 0) is 79.0 Å². The second kappa shape index (κ2) is 8.63. The van der Waals surface area contributed by atoms with Gasteiger partial charge < -0.3 is 5.41 Å². The zero-order chi connectivity index (χ0) is 19.4. The van der Waals surface area contributed by atoms with Gasteiger partial charge in [0.15, 0.2) is 0 Å². The van der Waals surface area contributed by atoms with Gasteiger partial charge in [-0.15, -0.1) is 0 Å². The van der Waals surface area contributed by atoms with Gasteiger partial charge >= 0.3 is 0 Å². The van der Waals surface area contributed by atoms with Gasteiger partial charge in [0, 0.05) is 5.71 Å². The first kappa shape index (κ1) is 19.5. The highest BCUT2D eigenvalue weighted by Crippen LogP contribution is 2.34. The third-order valence-electron chi connectivity index (χ3n) is 5.02. The van der Waals surface area contributed by atoms with E-state index >= 15 is 0 Å². The van der Waals surface area contributed by atoms with Crippen LogP contribution in [-0.4, -0.2) is 5.71 Å². The van der Waals surface area contributed by atoms with Crippen LogP contribution in [0.1, 0.15) is 42.5 Å². The standard InChI is InChI=1S/C25H28NP/c1-5-23-21(13-12-20-8-6-7-9-24(20)23)16-22-11-10-17(2)14-25(22)27-19(4)15-18(3)26/h5-11,14-15,26-27H,1,12-13,16H2,2-4H3/b19-15+,26-18?. The molecule has 1 aliphatic carbocycles. The summed E-state index contributed by atoms with van der Waals surface area (Å²) in [5.41, 5.74) is 8.91. The minimum Gasteiger partial charge on any atom is -0.306 e. The molecule has 3 rings (SSSR count). The van der Waals surface area contributed by atoms with Gasteiger partial charge in [-0.3, -0.25) is 0 Å². The van der Waals surface area contributed by atoms with Crippen LogP contribution in [0.2, 0.25) is 0 Å². The molecule has 0 spiro atoms. The third kappa shape index (κ3) is 4.73. The van der Waals surface area contributed by atoms with Crippen LogP contribution < -0.4 is 5.30 Å². The molecule has 2 heteroatoms. The Hall–Kier alpha value is -2.24. The molecule has 2 aromatic rings. The molecule has 0 saturated heterocycles. The van der Waals surface area contributed by atoms with Gasteiger partial charge in [0.2, 0.25) is 0 Å². The molecule has 0 fully saturated rings. The van der Waals surface area contributed by atoms with Crippen molar-refractivity contribution in [2.24, 2.45) is 0 Å². The average molecular weight is 373 g/mol. The van der Waals surface area contributed by atoms with Crippen LogP contribution in [0, 0.1) is 12.3 Å². The van der Waals surface area contributed by atoms with Crippen molar-refractivity contribution in [3.8, 4) is 0 Å². The summed E-state index contributed by atoms with van der Waals surface area (Å²) < 4.78 is 0. The highest BCUT2D eigenvalue weighted by Gasteiger charge is 2.18. The van der Waals surface area contributed by atoms with Gasteiger partial charge in [-0.1, -0.05) is 74.8 Å². The van der Waals surface area contributed by atoms with Gasteiger partial charge in [0.1, 0.15) is 0 Å². The van der Waals surface area contributed by atoms with E-state index in [1.165, 1.54) is 44.0 Å². The highest BCUT2D eigenvalue weighted by atomic mass is 31.1. The zero-order valence-electron chi connectivity index (χ0n) is 16.5. The molecule has 0 radical (unpaired) electrons. The summed E-state index contributed by atoms with van der Waals surface area (Å²) in [5, 5.41) is 10.4. The maximum absolute atomic E-state index is 7.72. The Morgan fingerprint density at radius 1 is 1.15 bits per heavy atom. The van der Waals surface area contributed by atoms with Crippen LogP contribution in [-0.2, 0) is 12.8 Å². The molecule has 0 aliphatic heterocycles. The number of rotatable bonds is 6. The van der Waals surface area contributed by atoms with Crippen molar-refractivity contribution in [1.29, 1.82) is 5.41 Å². The van der Waals surface area contributed by atoms with Crippen molar-refractivity contribution in [3.63, 3.8) is 0 Å². The summed E-state index contributed by atoms with van der Waals surface area (Å²) in [4.78, 5) is 0. The second-order valence-electron chi connectivity index (χ2n) is 7.35. The van der Waals surface area contributed by atoms with Crippen LogP contribution in [0.25, 0.3) is 5.57 Å². The zero-order valence-corrected chi connectivity index (χ0v) is 17.5. The lowest BCUT2D eigenvalue weighted by atomic mass is 9.83. The maximum atomic E-state index is 7.72. The van der Waals surface area contributed by atoms with E-state index in [4.69, 9.17) is 5.41 Å². The molecule has 1 aliphatic rings. The molecule has 1 unspecified atom stereocenters. The van der Waals surface area contributed by atoms with E-state index in [0.29, 0.717) is 14.3 Å². The summed E-state index contributed by atoms with van der Waals surface area (Å²) in [6, 6.07) is 15.5. The van der Waals surface area contributed by atoms with Crippen LogP contribution in [0.5, 0.6) is 0 Å². The second-order valence-corrected chi connectivity index (χ2v) is 8.93. The number of fused-ring (bicyclic) bond motifs is 1. The van der Waals surface area contributed by atoms with Crippen molar-refractivity contribution in [2.75, 3.05) is 0 Å². The molecular weight excluding hydrogens is 345 g/mol. The third-order valence-corrected chi connectivity index (χ3v) is 6.30. The molecule has 0 bridgehead atoms. The van der Waals surface area contributed by atoms with Crippen LogP contribution in [0.4, 0.5) is 0 Å². The maximum Gasteiger partial charge on any atom is 0.0286 e. The van der Waals surface area contributed by atoms with E-state index in [1.807, 2.05) is 19.1 Å². The average Bonchev–Trinajstić information content (AvgIpc) is 2.63. The summed E-state index contributed by atoms with van der Waals surface area (Å²) in [6.07, 6.45) is 7.21. The van der Waals surface area contributed by atoms with E-state index in [9.17, 15) is 0 Å². The Balaban J connectivity index is 1.97. The summed E-state index contributed by atoms with van der Waals surface area (Å²) in [5.74, 6) is 0. The first-order chi connectivity index (χ1) is 13.0. The predicted molar refractivity (Wildman–Crippen MR) is 122 cm³/mol. The summed E-state index contributed by atoms with van der Waals surface area (Å²) >= 11 is 0. The number of aryl methyl sites for hydroxylation is 2. The molecule has 0 heterocycles. The fourth-order valence-corrected chi connectivity index (χ4v) is 5.16. The van der Waals surface area contributed by atoms with E-state index in [2.05, 4.69) is 62.9 Å². The normalized spacial score (nSPS) is 14.6. The fourth-order valence-electron chi connectivity index (χ4n) is 3.81. The number of hydrogen-bond donors (Lipinski definition) is 1. The van der Waals surface area contributed by atoms with Crippen molar-refractivity contribution >= 4 is 25.2 Å². The van der Waals surface area contributed by atoms with Gasteiger partial charge in [0.25, 0.3) is 0 Å². The predicted octanol–water partition coefficient (Wildman–Crippen LogP) is 6.37. The van der Waals surface area contributed by atoms with E-state index < -0.39 is 0 Å². The summed E-state index contributed by atoms with van der Waals surface area (Å²) in [6.45, 7) is 10.2. The molecule has 2 aromatic carbocycles. The minimum atomic E-state index is 0.615. The molecule has 1 N–H and O–H groups in total. The first-order valence-corrected chi connectivity index (χ1v) is 10.5. The Labute approximate surface area is 165 Å². The highest BCUT2D eigenvalue weighted by molar-refractivity contribution is 7.51. The molecule has 0 aromatic heterocycles. The van der Waals surface area contributed by atoms with E-state index in [0.717, 1.165) is 19.3 Å². The topological polar surface area (TPSA) is 23.9 Å². The Morgan fingerprint density at radius 2 is 1.93 bits per heavy atom. The van der Waals surface area contributed by atoms with Crippen LogP contribution in [0.15, 0.2) is 72.1 Å². The van der Waals surface area contributed by atoms with Gasteiger partial charge in [-0.2, -0.15) is 0 Å². The first-order valence-electron chi connectivity index (χ1n) is 9.50. The molecule has 1 nitrogen and oxygen atoms in total. The SMILES string of the molecule is C=CC1=C(Cc2ccc(C)cc2P/C(C)=C/C(C)=N)CCc2ccccc21. The Morgan fingerprint density at radius 3 is 2.67 bits per heavy atom. The van der Waals surface area contributed by atoms with Crippen molar-refractivity contribution in [2.45, 2.75) is 40.0 Å². The smallest absolute Gasteiger partial charge is 0.0286 e. The Bertz CT molecular complexity index is 947. The minimum absolute atomic E-state index is 0.615. The number of hydrogen-bond acceptors (Lipinski definition) is 1. The van der Waals surface area contributed by atoms with Crippen molar-refractivity contribution in [1.82, 2.24) is 0 Å². The lowest BCUT2D eigenvalue weighted by molar-refractivity contribution is 0.883. The van der Waals surface area contributed by atoms with E-state index in [1.54, 1.807) is 0 Å². The fraction of sp³-hybridized carbons (Fsp3) is 0.240. The lowest BCUT2D eigenvalue weighted by Crippen LogP contribution is -2.11. The van der Waals surface area contributed by atoms with Gasteiger partial charge in [-0.25, -0.2) is 0 Å². The monoisotopic (exact) mass is 373 g/mol. The molecule has 27 heavy (non-hydrogen) atoms. The van der Waals surface area contributed by atoms with Crippen molar-refractivity contribution < 1.29 is 0 Å². The molecular formula is C25H28NP. The molecule has 0 saturated carbocycles. The van der Waals surface area contributed by atoms with Crippen LogP contribution >= 0.6 is 8.58 Å². The number of nitrogens with one attached hydrogen (secondary N) is 1. The Kier molecular flexibility index (Phi) is 6.24. The molecule has 0 amide bonds. The number of benzene rings is 2. The van der Waals surface area contributed by atoms with Gasteiger partial charge in [0.05, 0.1) is 0 Å². The molecule has 138 valence electrons. The quantitative estimate of drug-likeness (QED) is 0.449. The number of allylic oxidation sites excluding steroid dienone is 5. The largest absolute Gasteiger partial charge is 0.306 e. The summed E-state index contributed by atoms with van der Waals surface area (Å²) in [7, 11) is 0.615. The molecule has 1 atom stereocenters.